The quantitative estimate of drug-likeness (QED) is 0.607. The van der Waals surface area contributed by atoms with Gasteiger partial charge in [-0.15, -0.1) is 0 Å². The van der Waals surface area contributed by atoms with Crippen LogP contribution in [-0.4, -0.2) is 61.0 Å². The highest BCUT2D eigenvalue weighted by atomic mass is 16.2. The molecule has 1 heterocycles. The summed E-state index contributed by atoms with van der Waals surface area (Å²) in [6, 6.07) is -0.0580. The van der Waals surface area contributed by atoms with E-state index in [1.165, 1.54) is 0 Å². The zero-order chi connectivity index (χ0) is 11.3. The van der Waals surface area contributed by atoms with E-state index in [4.69, 9.17) is 5.73 Å². The minimum atomic E-state index is -0.0580. The molecule has 0 spiro atoms. The molecule has 0 aromatic rings. The first kappa shape index (κ1) is 11.8. The lowest BCUT2D eigenvalue weighted by molar-refractivity contribution is -0.131. The molecule has 0 aromatic carbocycles. The van der Waals surface area contributed by atoms with Crippen molar-refractivity contribution in [3.63, 3.8) is 0 Å². The molecule has 0 radical (unpaired) electrons. The molecule has 3 amide bonds. The third-order valence-corrected chi connectivity index (χ3v) is 2.42. The van der Waals surface area contributed by atoms with Crippen LogP contribution in [0.1, 0.15) is 6.92 Å². The van der Waals surface area contributed by atoms with Gasteiger partial charge in [0.1, 0.15) is 0 Å². The van der Waals surface area contributed by atoms with Crippen LogP contribution in [0.25, 0.3) is 0 Å². The van der Waals surface area contributed by atoms with E-state index in [0.29, 0.717) is 32.7 Å². The summed E-state index contributed by atoms with van der Waals surface area (Å²) in [4.78, 5) is 26.1. The van der Waals surface area contributed by atoms with E-state index in [1.807, 2.05) is 6.92 Å². The molecule has 3 N–H and O–H groups in total. The van der Waals surface area contributed by atoms with Crippen molar-refractivity contribution in [1.82, 2.24) is 15.1 Å². The lowest BCUT2D eigenvalue weighted by Crippen LogP contribution is -2.54. The maximum absolute atomic E-state index is 11.4. The highest BCUT2D eigenvalue weighted by molar-refractivity contribution is 5.79. The largest absolute Gasteiger partial charge is 0.338 e. The normalized spacial score (nSPS) is 16.4. The number of nitrogens with two attached hydrogens (primary N) is 1. The number of rotatable bonds is 2. The average molecular weight is 214 g/mol. The summed E-state index contributed by atoms with van der Waals surface area (Å²) in [6.45, 7) is 4.86. The minimum Gasteiger partial charge on any atom is -0.338 e. The predicted octanol–water partition coefficient (Wildman–Crippen LogP) is -1.18. The third kappa shape index (κ3) is 3.09. The van der Waals surface area contributed by atoms with Gasteiger partial charge in [-0.05, 0) is 6.92 Å². The van der Waals surface area contributed by atoms with Gasteiger partial charge in [0.2, 0.25) is 5.91 Å². The second-order valence-electron chi connectivity index (χ2n) is 3.41. The molecule has 0 atom stereocenters. The summed E-state index contributed by atoms with van der Waals surface area (Å²) < 4.78 is 0. The standard InChI is InChI=1S/C9H18N4O2/c1-2-11-9(15)13-5-3-12(4-6-13)8(14)7-10/h2-7,10H2,1H3,(H,11,15). The van der Waals surface area contributed by atoms with Crippen LogP contribution in [-0.2, 0) is 4.79 Å². The van der Waals surface area contributed by atoms with Crippen molar-refractivity contribution in [2.24, 2.45) is 5.73 Å². The molecular formula is C9H18N4O2. The molecular weight excluding hydrogens is 196 g/mol. The highest BCUT2D eigenvalue weighted by Gasteiger charge is 2.22. The Hall–Kier alpha value is -1.30. The van der Waals surface area contributed by atoms with Crippen LogP contribution in [0, 0.1) is 0 Å². The number of urea groups is 1. The molecule has 1 fully saturated rings. The molecule has 1 aliphatic rings. The zero-order valence-electron chi connectivity index (χ0n) is 9.03. The Bertz CT molecular complexity index is 236. The number of nitrogens with one attached hydrogen (secondary N) is 1. The lowest BCUT2D eigenvalue weighted by Gasteiger charge is -2.34. The summed E-state index contributed by atoms with van der Waals surface area (Å²) in [7, 11) is 0. The van der Waals surface area contributed by atoms with Crippen molar-refractivity contribution in [2.45, 2.75) is 6.92 Å². The van der Waals surface area contributed by atoms with Crippen LogP contribution in [0.4, 0.5) is 4.79 Å². The zero-order valence-corrected chi connectivity index (χ0v) is 9.03. The Balaban J connectivity index is 2.35. The molecule has 1 aliphatic heterocycles. The van der Waals surface area contributed by atoms with E-state index in [0.717, 1.165) is 0 Å². The van der Waals surface area contributed by atoms with Crippen LogP contribution in [0.2, 0.25) is 0 Å². The monoisotopic (exact) mass is 214 g/mol. The van der Waals surface area contributed by atoms with E-state index < -0.39 is 0 Å². The molecule has 1 rings (SSSR count). The second-order valence-corrected chi connectivity index (χ2v) is 3.41. The van der Waals surface area contributed by atoms with Gasteiger partial charge in [0.05, 0.1) is 6.54 Å². The molecule has 0 unspecified atom stereocenters. The fourth-order valence-corrected chi connectivity index (χ4v) is 1.55. The SMILES string of the molecule is CCNC(=O)N1CCN(C(=O)CN)CC1. The number of amides is 3. The van der Waals surface area contributed by atoms with Crippen LogP contribution in [0.15, 0.2) is 0 Å². The van der Waals surface area contributed by atoms with Crippen molar-refractivity contribution in [3.8, 4) is 0 Å². The maximum atomic E-state index is 11.4. The van der Waals surface area contributed by atoms with Crippen molar-refractivity contribution in [1.29, 1.82) is 0 Å². The third-order valence-electron chi connectivity index (χ3n) is 2.42. The maximum Gasteiger partial charge on any atom is 0.317 e. The van der Waals surface area contributed by atoms with Crippen LogP contribution in [0.3, 0.4) is 0 Å². The molecule has 0 aromatic heterocycles. The summed E-state index contributed by atoms with van der Waals surface area (Å²) in [5.41, 5.74) is 5.26. The summed E-state index contributed by atoms with van der Waals surface area (Å²) in [5, 5.41) is 2.73. The van der Waals surface area contributed by atoms with Gasteiger partial charge in [0.15, 0.2) is 0 Å². The second kappa shape index (κ2) is 5.55. The van der Waals surface area contributed by atoms with Gasteiger partial charge in [0.25, 0.3) is 0 Å². The number of carbonyl (C=O) groups is 2. The molecule has 0 saturated carbocycles. The number of carbonyl (C=O) groups excluding carboxylic acids is 2. The van der Waals surface area contributed by atoms with Gasteiger partial charge in [-0.2, -0.15) is 0 Å². The minimum absolute atomic E-state index is 0.0428. The van der Waals surface area contributed by atoms with Gasteiger partial charge < -0.3 is 20.9 Å². The van der Waals surface area contributed by atoms with Crippen molar-refractivity contribution >= 4 is 11.9 Å². The van der Waals surface area contributed by atoms with E-state index in [1.54, 1.807) is 9.80 Å². The first-order valence-electron chi connectivity index (χ1n) is 5.19. The predicted molar refractivity (Wildman–Crippen MR) is 56.3 cm³/mol. The Kier molecular flexibility index (Phi) is 4.36. The topological polar surface area (TPSA) is 78.7 Å². The Morgan fingerprint density at radius 2 is 1.73 bits per heavy atom. The molecule has 6 nitrogen and oxygen atoms in total. The first-order valence-corrected chi connectivity index (χ1v) is 5.19. The van der Waals surface area contributed by atoms with Gasteiger partial charge in [0, 0.05) is 32.7 Å². The van der Waals surface area contributed by atoms with Gasteiger partial charge in [-0.25, -0.2) is 4.79 Å². The summed E-state index contributed by atoms with van der Waals surface area (Å²) >= 11 is 0. The smallest absolute Gasteiger partial charge is 0.317 e. The van der Waals surface area contributed by atoms with Gasteiger partial charge in [-0.1, -0.05) is 0 Å². The highest BCUT2D eigenvalue weighted by Crippen LogP contribution is 2.01. The lowest BCUT2D eigenvalue weighted by atomic mass is 10.3. The van der Waals surface area contributed by atoms with E-state index >= 15 is 0 Å². The van der Waals surface area contributed by atoms with Crippen molar-refractivity contribution in [3.05, 3.63) is 0 Å². The average Bonchev–Trinajstić information content (AvgIpc) is 2.28. The number of hydrogen-bond donors (Lipinski definition) is 2. The van der Waals surface area contributed by atoms with Gasteiger partial charge >= 0.3 is 6.03 Å². The van der Waals surface area contributed by atoms with Crippen molar-refractivity contribution in [2.75, 3.05) is 39.3 Å². The van der Waals surface area contributed by atoms with Gasteiger partial charge in [-0.3, -0.25) is 4.79 Å². The molecule has 15 heavy (non-hydrogen) atoms. The fourth-order valence-electron chi connectivity index (χ4n) is 1.55. The first-order chi connectivity index (χ1) is 7.19. The Morgan fingerprint density at radius 1 is 1.20 bits per heavy atom. The van der Waals surface area contributed by atoms with E-state index in [9.17, 15) is 9.59 Å². The molecule has 86 valence electrons. The van der Waals surface area contributed by atoms with Crippen LogP contribution < -0.4 is 11.1 Å². The van der Waals surface area contributed by atoms with Crippen LogP contribution >= 0.6 is 0 Å². The number of nitrogens with zero attached hydrogens (tertiary/aromatic N) is 2. The Morgan fingerprint density at radius 3 is 2.20 bits per heavy atom. The number of piperazine rings is 1. The Labute approximate surface area is 89.4 Å². The molecule has 6 heteroatoms. The fraction of sp³-hybridized carbons (Fsp3) is 0.778. The summed E-state index contributed by atoms with van der Waals surface area (Å²) in [6.07, 6.45) is 0. The molecule has 0 aliphatic carbocycles. The van der Waals surface area contributed by atoms with E-state index in [-0.39, 0.29) is 18.5 Å². The van der Waals surface area contributed by atoms with Crippen LogP contribution in [0.5, 0.6) is 0 Å². The van der Waals surface area contributed by atoms with E-state index in [2.05, 4.69) is 5.32 Å². The molecule has 1 saturated heterocycles. The summed E-state index contributed by atoms with van der Waals surface area (Å²) in [5.74, 6) is -0.0504. The molecule has 0 bridgehead atoms. The van der Waals surface area contributed by atoms with Crippen molar-refractivity contribution < 1.29 is 9.59 Å². The number of hydrogen-bond acceptors (Lipinski definition) is 3.